The van der Waals surface area contributed by atoms with Crippen molar-refractivity contribution in [2.24, 2.45) is 11.8 Å². The Bertz CT molecular complexity index is 476. The molecule has 2 atom stereocenters. The zero-order chi connectivity index (χ0) is 14.5. The van der Waals surface area contributed by atoms with Crippen molar-refractivity contribution in [3.63, 3.8) is 0 Å². The fourth-order valence-corrected chi connectivity index (χ4v) is 3.24. The minimum absolute atomic E-state index is 0.128. The lowest BCUT2D eigenvalue weighted by Crippen LogP contribution is -2.35. The lowest BCUT2D eigenvalue weighted by molar-refractivity contribution is 0.0909. The van der Waals surface area contributed by atoms with Gasteiger partial charge in [-0.3, -0.25) is 4.79 Å². The lowest BCUT2D eigenvalue weighted by atomic mass is 9.79. The molecule has 0 spiro atoms. The molecule has 2 rings (SSSR count). The molecule has 20 heavy (non-hydrogen) atoms. The summed E-state index contributed by atoms with van der Waals surface area (Å²) in [6, 6.07) is 5.45. The Morgan fingerprint density at radius 2 is 2.05 bits per heavy atom. The van der Waals surface area contributed by atoms with Gasteiger partial charge in [0.25, 0.3) is 5.91 Å². The minimum Gasteiger partial charge on any atom is -0.396 e. The summed E-state index contributed by atoms with van der Waals surface area (Å²) in [6.45, 7) is 2.78. The van der Waals surface area contributed by atoms with Crippen LogP contribution in [0.5, 0.6) is 0 Å². The summed E-state index contributed by atoms with van der Waals surface area (Å²) in [4.78, 5) is 12.2. The Labute approximate surface area is 125 Å². The highest BCUT2D eigenvalue weighted by Crippen LogP contribution is 2.29. The number of carbonyl (C=O) groups excluding carboxylic acids is 1. The zero-order valence-corrected chi connectivity index (χ0v) is 12.6. The molecule has 0 bridgehead atoms. The van der Waals surface area contributed by atoms with Crippen molar-refractivity contribution in [2.45, 2.75) is 32.6 Å². The molecule has 2 unspecified atom stereocenters. The molecule has 2 N–H and O–H groups in total. The number of benzene rings is 1. The van der Waals surface area contributed by atoms with Crippen LogP contribution in [-0.2, 0) is 0 Å². The number of nitrogens with one attached hydrogen (secondary N) is 1. The van der Waals surface area contributed by atoms with Crippen molar-refractivity contribution in [3.05, 3.63) is 34.3 Å². The van der Waals surface area contributed by atoms with Crippen molar-refractivity contribution >= 4 is 17.5 Å². The maximum absolute atomic E-state index is 12.2. The first-order chi connectivity index (χ1) is 9.61. The van der Waals surface area contributed by atoms with Crippen LogP contribution in [0.4, 0.5) is 0 Å². The van der Waals surface area contributed by atoms with Gasteiger partial charge in [0.2, 0.25) is 0 Å². The summed E-state index contributed by atoms with van der Waals surface area (Å²) >= 11 is 6.10. The van der Waals surface area contributed by atoms with E-state index >= 15 is 0 Å². The van der Waals surface area contributed by atoms with E-state index in [0.717, 1.165) is 18.4 Å². The molecule has 4 heteroatoms. The van der Waals surface area contributed by atoms with E-state index in [-0.39, 0.29) is 12.5 Å². The van der Waals surface area contributed by atoms with E-state index < -0.39 is 0 Å². The second-order valence-corrected chi connectivity index (χ2v) is 6.09. The van der Waals surface area contributed by atoms with Crippen LogP contribution in [0.3, 0.4) is 0 Å². The average Bonchev–Trinajstić information content (AvgIpc) is 2.45. The predicted molar refractivity (Wildman–Crippen MR) is 81.1 cm³/mol. The quantitative estimate of drug-likeness (QED) is 0.896. The third-order valence-corrected chi connectivity index (χ3v) is 4.51. The number of aryl methyl sites for hydroxylation is 1. The summed E-state index contributed by atoms with van der Waals surface area (Å²) < 4.78 is 0. The molecule has 3 nitrogen and oxygen atoms in total. The smallest absolute Gasteiger partial charge is 0.252 e. The van der Waals surface area contributed by atoms with E-state index in [0.29, 0.717) is 29.0 Å². The number of halogens is 1. The number of amides is 1. The van der Waals surface area contributed by atoms with Gasteiger partial charge in [0.05, 0.1) is 10.6 Å². The molecule has 1 saturated carbocycles. The molecule has 110 valence electrons. The van der Waals surface area contributed by atoms with Gasteiger partial charge in [-0.2, -0.15) is 0 Å². The second-order valence-electron chi connectivity index (χ2n) is 5.68. The second kappa shape index (κ2) is 7.09. The van der Waals surface area contributed by atoms with Gasteiger partial charge in [-0.25, -0.2) is 0 Å². The summed E-state index contributed by atoms with van der Waals surface area (Å²) in [5.41, 5.74) is 1.56. The number of aliphatic hydroxyl groups excluding tert-OH is 1. The molecule has 0 aliphatic heterocycles. The molecular formula is C16H22ClNO2. The van der Waals surface area contributed by atoms with Crippen LogP contribution in [0.25, 0.3) is 0 Å². The van der Waals surface area contributed by atoms with Gasteiger partial charge >= 0.3 is 0 Å². The Morgan fingerprint density at radius 1 is 1.35 bits per heavy atom. The van der Waals surface area contributed by atoms with Gasteiger partial charge in [-0.05, 0) is 49.3 Å². The molecule has 0 radical (unpaired) electrons. The summed E-state index contributed by atoms with van der Waals surface area (Å²) in [7, 11) is 0. The van der Waals surface area contributed by atoms with Crippen molar-refractivity contribution in [3.8, 4) is 0 Å². The molecule has 1 aliphatic carbocycles. The molecule has 1 aromatic rings. The largest absolute Gasteiger partial charge is 0.396 e. The highest BCUT2D eigenvalue weighted by molar-refractivity contribution is 6.33. The Balaban J connectivity index is 1.94. The Hall–Kier alpha value is -1.06. The monoisotopic (exact) mass is 295 g/mol. The van der Waals surface area contributed by atoms with Gasteiger partial charge in [-0.15, -0.1) is 0 Å². The third-order valence-electron chi connectivity index (χ3n) is 4.20. The van der Waals surface area contributed by atoms with Gasteiger partial charge in [0.15, 0.2) is 0 Å². The number of aliphatic hydroxyl groups is 1. The van der Waals surface area contributed by atoms with E-state index in [9.17, 15) is 9.90 Å². The SMILES string of the molecule is Cc1ccc(C(=O)NCC2CCCCC2CO)c(Cl)c1. The number of rotatable bonds is 4. The van der Waals surface area contributed by atoms with E-state index in [4.69, 9.17) is 11.6 Å². The van der Waals surface area contributed by atoms with Gasteiger partial charge in [0.1, 0.15) is 0 Å². The molecule has 1 aliphatic rings. The summed E-state index contributed by atoms with van der Waals surface area (Å²) in [5, 5.41) is 12.8. The maximum Gasteiger partial charge on any atom is 0.252 e. The molecule has 0 saturated heterocycles. The van der Waals surface area contributed by atoms with Crippen LogP contribution >= 0.6 is 11.6 Å². The van der Waals surface area contributed by atoms with Crippen molar-refractivity contribution in [1.82, 2.24) is 5.32 Å². The number of hydrogen-bond donors (Lipinski definition) is 2. The number of hydrogen-bond acceptors (Lipinski definition) is 2. The fraction of sp³-hybridized carbons (Fsp3) is 0.562. The fourth-order valence-electron chi connectivity index (χ4n) is 2.92. The molecular weight excluding hydrogens is 274 g/mol. The normalized spacial score (nSPS) is 22.6. The van der Waals surface area contributed by atoms with Crippen molar-refractivity contribution in [1.29, 1.82) is 0 Å². The zero-order valence-electron chi connectivity index (χ0n) is 11.9. The first-order valence-corrected chi connectivity index (χ1v) is 7.65. The first kappa shape index (κ1) is 15.3. The molecule has 1 fully saturated rings. The van der Waals surface area contributed by atoms with E-state index in [1.807, 2.05) is 13.0 Å². The highest BCUT2D eigenvalue weighted by Gasteiger charge is 2.25. The standard InChI is InChI=1S/C16H22ClNO2/c1-11-6-7-14(15(17)8-11)16(20)18-9-12-4-2-3-5-13(12)10-19/h6-8,12-13,19H,2-5,9-10H2,1H3,(H,18,20). The molecule has 0 aromatic heterocycles. The topological polar surface area (TPSA) is 49.3 Å². The van der Waals surface area contributed by atoms with Crippen molar-refractivity contribution in [2.75, 3.05) is 13.2 Å². The molecule has 1 amide bonds. The van der Waals surface area contributed by atoms with Gasteiger partial charge in [0, 0.05) is 13.2 Å². The van der Waals surface area contributed by atoms with Gasteiger partial charge in [-0.1, -0.05) is 30.5 Å². The van der Waals surface area contributed by atoms with Crippen LogP contribution in [-0.4, -0.2) is 24.2 Å². The van der Waals surface area contributed by atoms with Crippen LogP contribution < -0.4 is 5.32 Å². The Morgan fingerprint density at radius 3 is 2.70 bits per heavy atom. The Kier molecular flexibility index (Phi) is 5.44. The van der Waals surface area contributed by atoms with Gasteiger partial charge < -0.3 is 10.4 Å². The molecule has 1 aromatic carbocycles. The lowest BCUT2D eigenvalue weighted by Gasteiger charge is -2.30. The minimum atomic E-state index is -0.128. The van der Waals surface area contributed by atoms with Crippen molar-refractivity contribution < 1.29 is 9.90 Å². The summed E-state index contributed by atoms with van der Waals surface area (Å²) in [6.07, 6.45) is 4.50. The van der Waals surface area contributed by atoms with E-state index in [1.54, 1.807) is 12.1 Å². The van der Waals surface area contributed by atoms with E-state index in [2.05, 4.69) is 5.32 Å². The number of carbonyl (C=O) groups is 1. The average molecular weight is 296 g/mol. The highest BCUT2D eigenvalue weighted by atomic mass is 35.5. The van der Waals surface area contributed by atoms with Crippen LogP contribution in [0, 0.1) is 18.8 Å². The third kappa shape index (κ3) is 3.74. The van der Waals surface area contributed by atoms with Crippen LogP contribution in [0.2, 0.25) is 5.02 Å². The van der Waals surface area contributed by atoms with Crippen LogP contribution in [0.15, 0.2) is 18.2 Å². The van der Waals surface area contributed by atoms with E-state index in [1.165, 1.54) is 12.8 Å². The molecule has 0 heterocycles. The predicted octanol–water partition coefficient (Wildman–Crippen LogP) is 3.18. The van der Waals surface area contributed by atoms with Crippen LogP contribution in [0.1, 0.15) is 41.6 Å². The maximum atomic E-state index is 12.2. The summed E-state index contributed by atoms with van der Waals surface area (Å²) in [5.74, 6) is 0.566. The first-order valence-electron chi connectivity index (χ1n) is 7.27.